The maximum absolute atomic E-state index is 5.37. The van der Waals surface area contributed by atoms with Gasteiger partial charge >= 0.3 is 0 Å². The van der Waals surface area contributed by atoms with Crippen molar-refractivity contribution in [3.8, 4) is 22.7 Å². The maximum atomic E-state index is 5.37. The highest BCUT2D eigenvalue weighted by atomic mass is 16.5. The molecule has 0 amide bonds. The predicted molar refractivity (Wildman–Crippen MR) is 138 cm³/mol. The molecule has 0 radical (unpaired) electrons. The molecule has 2 aromatic carbocycles. The monoisotopic (exact) mass is 473 g/mol. The Balaban J connectivity index is 1.49. The number of methoxy groups -OCH3 is 1. The highest BCUT2D eigenvalue weighted by Gasteiger charge is 2.34. The Bertz CT molecular complexity index is 1480. The number of pyridine rings is 1. The van der Waals surface area contributed by atoms with Crippen LogP contribution in [0.3, 0.4) is 0 Å². The number of aromatic nitrogens is 5. The summed E-state index contributed by atoms with van der Waals surface area (Å²) in [7, 11) is 1.66. The van der Waals surface area contributed by atoms with E-state index >= 15 is 0 Å². The zero-order valence-corrected chi connectivity index (χ0v) is 19.6. The number of hydrogen-bond donors (Lipinski definition) is 0. The summed E-state index contributed by atoms with van der Waals surface area (Å²) in [6, 6.07) is 21.9. The molecule has 36 heavy (non-hydrogen) atoms. The van der Waals surface area contributed by atoms with Crippen molar-refractivity contribution in [2.24, 2.45) is 5.10 Å². The van der Waals surface area contributed by atoms with Crippen molar-refractivity contribution in [1.82, 2.24) is 24.7 Å². The number of benzene rings is 2. The molecule has 8 heteroatoms. The van der Waals surface area contributed by atoms with E-state index in [1.807, 2.05) is 76.4 Å². The number of anilines is 1. The third kappa shape index (κ3) is 4.09. The summed E-state index contributed by atoms with van der Waals surface area (Å²) in [6.45, 7) is 0. The van der Waals surface area contributed by atoms with E-state index in [1.54, 1.807) is 38.1 Å². The summed E-state index contributed by atoms with van der Waals surface area (Å²) in [5, 5.41) is 12.1. The quantitative estimate of drug-likeness (QED) is 0.342. The molecule has 3 aromatic heterocycles. The molecule has 176 valence electrons. The van der Waals surface area contributed by atoms with E-state index in [-0.39, 0.29) is 6.04 Å². The zero-order valence-electron chi connectivity index (χ0n) is 19.6. The lowest BCUT2D eigenvalue weighted by molar-refractivity contribution is 0.415. The summed E-state index contributed by atoms with van der Waals surface area (Å²) < 4.78 is 7.30. The molecule has 0 saturated carbocycles. The minimum atomic E-state index is -0.101. The standard InChI is InChI=1S/C28H23N7O/c1-36-23-9-7-22(8-10-23)35-27(17-25(32-35)26-18-30-15-16-31-26)24-19-34(21-5-3-2-4-6-21)33-28(24)20-11-13-29-14-12-20/h2-16,18-19,27H,17H2,1H3. The zero-order chi connectivity index (χ0) is 24.3. The van der Waals surface area contributed by atoms with Crippen molar-refractivity contribution in [3.05, 3.63) is 115 Å². The predicted octanol–water partition coefficient (Wildman–Crippen LogP) is 5.09. The second-order valence-corrected chi connectivity index (χ2v) is 8.35. The van der Waals surface area contributed by atoms with Crippen molar-refractivity contribution in [3.63, 3.8) is 0 Å². The van der Waals surface area contributed by atoms with Gasteiger partial charge in [0.25, 0.3) is 0 Å². The van der Waals surface area contributed by atoms with Crippen LogP contribution in [-0.4, -0.2) is 37.6 Å². The SMILES string of the molecule is COc1ccc(N2N=C(c3cnccn3)CC2c2cn(-c3ccccc3)nc2-c2ccncc2)cc1. The lowest BCUT2D eigenvalue weighted by Gasteiger charge is -2.24. The maximum Gasteiger partial charge on any atom is 0.119 e. The number of hydrazone groups is 1. The molecule has 1 aliphatic heterocycles. The molecule has 1 aliphatic rings. The summed E-state index contributed by atoms with van der Waals surface area (Å²) in [5.41, 5.74) is 6.52. The van der Waals surface area contributed by atoms with Gasteiger partial charge in [0.1, 0.15) is 11.4 Å². The number of para-hydroxylation sites is 1. The van der Waals surface area contributed by atoms with Gasteiger partial charge in [-0.15, -0.1) is 0 Å². The summed E-state index contributed by atoms with van der Waals surface area (Å²) >= 11 is 0. The first kappa shape index (κ1) is 21.7. The van der Waals surface area contributed by atoms with Crippen molar-refractivity contribution >= 4 is 11.4 Å². The van der Waals surface area contributed by atoms with Gasteiger partial charge in [-0.1, -0.05) is 18.2 Å². The second kappa shape index (κ2) is 9.42. The number of hydrogen-bond acceptors (Lipinski definition) is 7. The lowest BCUT2D eigenvalue weighted by Crippen LogP contribution is -2.18. The minimum Gasteiger partial charge on any atom is -0.497 e. The van der Waals surface area contributed by atoms with E-state index in [1.165, 1.54) is 0 Å². The highest BCUT2D eigenvalue weighted by Crippen LogP contribution is 2.40. The first-order valence-electron chi connectivity index (χ1n) is 11.6. The van der Waals surface area contributed by atoms with Crippen LogP contribution < -0.4 is 9.75 Å². The number of rotatable bonds is 6. The topological polar surface area (TPSA) is 81.3 Å². The summed E-state index contributed by atoms with van der Waals surface area (Å²) in [6.07, 6.45) is 11.5. The average Bonchev–Trinajstić information content (AvgIpc) is 3.60. The summed E-state index contributed by atoms with van der Waals surface area (Å²) in [4.78, 5) is 13.0. The van der Waals surface area contributed by atoms with E-state index < -0.39 is 0 Å². The Hall–Kier alpha value is -4.85. The van der Waals surface area contributed by atoms with Gasteiger partial charge in [-0.05, 0) is 48.5 Å². The van der Waals surface area contributed by atoms with Crippen LogP contribution in [0.25, 0.3) is 16.9 Å². The number of ether oxygens (including phenoxy) is 1. The third-order valence-corrected chi connectivity index (χ3v) is 6.18. The molecule has 0 fully saturated rings. The van der Waals surface area contributed by atoms with Crippen molar-refractivity contribution in [1.29, 1.82) is 0 Å². The van der Waals surface area contributed by atoms with Crippen LogP contribution in [-0.2, 0) is 0 Å². The molecule has 0 saturated heterocycles. The molecule has 0 N–H and O–H groups in total. The second-order valence-electron chi connectivity index (χ2n) is 8.35. The van der Waals surface area contributed by atoms with Crippen LogP contribution in [0.4, 0.5) is 5.69 Å². The Morgan fingerprint density at radius 3 is 2.36 bits per heavy atom. The van der Waals surface area contributed by atoms with Gasteiger partial charge in [0.15, 0.2) is 0 Å². The van der Waals surface area contributed by atoms with Crippen molar-refractivity contribution in [2.75, 3.05) is 12.1 Å². The van der Waals surface area contributed by atoms with Gasteiger partial charge in [-0.3, -0.25) is 20.0 Å². The molecular formula is C28H23N7O. The molecule has 4 heterocycles. The molecule has 6 rings (SSSR count). The van der Waals surface area contributed by atoms with E-state index in [0.29, 0.717) is 6.42 Å². The average molecular weight is 474 g/mol. The first-order chi connectivity index (χ1) is 17.8. The normalized spacial score (nSPS) is 15.1. The van der Waals surface area contributed by atoms with Gasteiger partial charge in [-0.2, -0.15) is 10.2 Å². The Kier molecular flexibility index (Phi) is 5.67. The molecule has 8 nitrogen and oxygen atoms in total. The fourth-order valence-electron chi connectivity index (χ4n) is 4.41. The van der Waals surface area contributed by atoms with Gasteiger partial charge in [0.05, 0.1) is 42.1 Å². The van der Waals surface area contributed by atoms with Gasteiger partial charge in [-0.25, -0.2) is 4.68 Å². The van der Waals surface area contributed by atoms with Crippen LogP contribution >= 0.6 is 0 Å². The van der Waals surface area contributed by atoms with E-state index in [0.717, 1.165) is 45.4 Å². The highest BCUT2D eigenvalue weighted by molar-refractivity contribution is 6.01. The largest absolute Gasteiger partial charge is 0.497 e. The van der Waals surface area contributed by atoms with Crippen LogP contribution in [0.5, 0.6) is 5.75 Å². The van der Waals surface area contributed by atoms with Crippen LogP contribution in [0.1, 0.15) is 23.7 Å². The van der Waals surface area contributed by atoms with E-state index in [4.69, 9.17) is 14.9 Å². The van der Waals surface area contributed by atoms with Gasteiger partial charge < -0.3 is 4.74 Å². The lowest BCUT2D eigenvalue weighted by atomic mass is 9.98. The van der Waals surface area contributed by atoms with Crippen LogP contribution in [0.2, 0.25) is 0 Å². The number of nitrogens with zero attached hydrogens (tertiary/aromatic N) is 7. The molecule has 5 aromatic rings. The van der Waals surface area contributed by atoms with Gasteiger partial charge in [0, 0.05) is 48.5 Å². The fraction of sp³-hybridized carbons (Fsp3) is 0.107. The third-order valence-electron chi connectivity index (χ3n) is 6.18. The van der Waals surface area contributed by atoms with Gasteiger partial charge in [0.2, 0.25) is 0 Å². The molecule has 1 atom stereocenters. The molecule has 0 aliphatic carbocycles. The molecule has 1 unspecified atom stereocenters. The molecule has 0 bridgehead atoms. The smallest absolute Gasteiger partial charge is 0.119 e. The van der Waals surface area contributed by atoms with Crippen molar-refractivity contribution in [2.45, 2.75) is 12.5 Å². The van der Waals surface area contributed by atoms with Crippen molar-refractivity contribution < 1.29 is 4.74 Å². The van der Waals surface area contributed by atoms with Crippen LogP contribution in [0.15, 0.2) is 109 Å². The molecular weight excluding hydrogens is 450 g/mol. The van der Waals surface area contributed by atoms with E-state index in [9.17, 15) is 0 Å². The fourth-order valence-corrected chi connectivity index (χ4v) is 4.41. The van der Waals surface area contributed by atoms with E-state index in [2.05, 4.69) is 21.1 Å². The Morgan fingerprint density at radius 2 is 1.64 bits per heavy atom. The summed E-state index contributed by atoms with van der Waals surface area (Å²) in [5.74, 6) is 0.794. The Morgan fingerprint density at radius 1 is 0.833 bits per heavy atom. The Labute approximate surface area is 208 Å². The first-order valence-corrected chi connectivity index (χ1v) is 11.6. The molecule has 0 spiro atoms. The minimum absolute atomic E-state index is 0.101. The van der Waals surface area contributed by atoms with Crippen LogP contribution in [0, 0.1) is 0 Å².